The minimum atomic E-state index is -0.477. The largest absolute Gasteiger partial charge is 0.354 e. The van der Waals surface area contributed by atoms with Crippen LogP contribution in [0.15, 0.2) is 48.5 Å². The van der Waals surface area contributed by atoms with Crippen LogP contribution in [0.25, 0.3) is 16.7 Å². The van der Waals surface area contributed by atoms with E-state index in [1.807, 2.05) is 11.6 Å². The zero-order valence-corrected chi connectivity index (χ0v) is 20.6. The van der Waals surface area contributed by atoms with Crippen LogP contribution in [0.2, 0.25) is 0 Å². The van der Waals surface area contributed by atoms with Crippen LogP contribution in [0.3, 0.4) is 0 Å². The number of amides is 1. The minimum absolute atomic E-state index is 0.126. The molecular weight excluding hydrogens is 455 g/mol. The van der Waals surface area contributed by atoms with Crippen LogP contribution in [0.1, 0.15) is 52.6 Å². The van der Waals surface area contributed by atoms with Gasteiger partial charge >= 0.3 is 0 Å². The average Bonchev–Trinajstić information content (AvgIpc) is 3.71. The number of hydrogen-bond acceptors (Lipinski definition) is 5. The Morgan fingerprint density at radius 3 is 2.47 bits per heavy atom. The van der Waals surface area contributed by atoms with Gasteiger partial charge in [-0.05, 0) is 57.4 Å². The zero-order valence-electron chi connectivity index (χ0n) is 20.6. The topological polar surface area (TPSA) is 67.2 Å². The molecule has 1 aliphatic heterocycles. The molecule has 4 aromatic rings. The number of rotatable bonds is 4. The maximum absolute atomic E-state index is 14.3. The highest BCUT2D eigenvalue weighted by atomic mass is 19.1. The van der Waals surface area contributed by atoms with Gasteiger partial charge in [0.1, 0.15) is 17.5 Å². The molecule has 1 aliphatic carbocycles. The van der Waals surface area contributed by atoms with Gasteiger partial charge in [0.2, 0.25) is 0 Å². The van der Waals surface area contributed by atoms with Gasteiger partial charge in [-0.3, -0.25) is 4.79 Å². The fourth-order valence-corrected chi connectivity index (χ4v) is 4.93. The highest BCUT2D eigenvalue weighted by molar-refractivity contribution is 5.95. The molecule has 1 saturated heterocycles. The van der Waals surface area contributed by atoms with Crippen molar-refractivity contribution in [1.82, 2.24) is 24.6 Å². The number of aryl methyl sites for hydroxylation is 2. The monoisotopic (exact) mass is 484 g/mol. The van der Waals surface area contributed by atoms with Crippen molar-refractivity contribution in [3.63, 3.8) is 0 Å². The Kier molecular flexibility index (Phi) is 5.66. The van der Waals surface area contributed by atoms with Crippen molar-refractivity contribution in [2.24, 2.45) is 0 Å². The second kappa shape index (κ2) is 9.00. The van der Waals surface area contributed by atoms with Gasteiger partial charge in [-0.25, -0.2) is 19.0 Å². The van der Waals surface area contributed by atoms with Crippen LogP contribution in [-0.4, -0.2) is 56.7 Å². The van der Waals surface area contributed by atoms with Crippen LogP contribution in [0, 0.1) is 19.7 Å². The Labute approximate surface area is 209 Å². The van der Waals surface area contributed by atoms with Gasteiger partial charge in [-0.2, -0.15) is 5.10 Å². The van der Waals surface area contributed by atoms with Crippen molar-refractivity contribution in [3.8, 4) is 5.69 Å². The lowest BCUT2D eigenvalue weighted by molar-refractivity contribution is 0.0762. The van der Waals surface area contributed by atoms with E-state index in [9.17, 15) is 9.18 Å². The molecule has 0 unspecified atom stereocenters. The van der Waals surface area contributed by atoms with Crippen molar-refractivity contribution < 1.29 is 9.18 Å². The highest BCUT2D eigenvalue weighted by Gasteiger charge is 2.31. The highest BCUT2D eigenvalue weighted by Crippen LogP contribution is 2.40. The third-order valence-corrected chi connectivity index (χ3v) is 7.11. The molecule has 0 N–H and O–H groups in total. The summed E-state index contributed by atoms with van der Waals surface area (Å²) < 4.78 is 16.2. The molecule has 184 valence electrons. The summed E-state index contributed by atoms with van der Waals surface area (Å²) in [5.41, 5.74) is 4.00. The molecule has 0 spiro atoms. The summed E-state index contributed by atoms with van der Waals surface area (Å²) in [4.78, 5) is 27.1. The van der Waals surface area contributed by atoms with Gasteiger partial charge in [0, 0.05) is 32.1 Å². The lowest BCUT2D eigenvalue weighted by Crippen LogP contribution is -2.36. The first-order chi connectivity index (χ1) is 17.5. The van der Waals surface area contributed by atoms with Crippen molar-refractivity contribution in [3.05, 3.63) is 77.0 Å². The summed E-state index contributed by atoms with van der Waals surface area (Å²) in [6.45, 7) is 6.53. The number of aromatic nitrogens is 4. The van der Waals surface area contributed by atoms with Crippen LogP contribution in [0.5, 0.6) is 0 Å². The summed E-state index contributed by atoms with van der Waals surface area (Å²) >= 11 is 0. The minimum Gasteiger partial charge on any atom is -0.354 e. The normalized spacial score (nSPS) is 16.4. The molecule has 3 heterocycles. The molecule has 8 heteroatoms. The van der Waals surface area contributed by atoms with Crippen LogP contribution in [-0.2, 0) is 0 Å². The maximum Gasteiger partial charge on any atom is 0.256 e. The molecular formula is C28H29FN6O. The summed E-state index contributed by atoms with van der Waals surface area (Å²) in [6.07, 6.45) is 2.98. The van der Waals surface area contributed by atoms with Gasteiger partial charge in [0.05, 0.1) is 22.3 Å². The van der Waals surface area contributed by atoms with Crippen molar-refractivity contribution >= 4 is 22.8 Å². The number of halogens is 1. The molecule has 0 bridgehead atoms. The van der Waals surface area contributed by atoms with Crippen LogP contribution >= 0.6 is 0 Å². The smallest absolute Gasteiger partial charge is 0.256 e. The maximum atomic E-state index is 14.3. The van der Waals surface area contributed by atoms with Crippen molar-refractivity contribution in [2.45, 2.75) is 39.0 Å². The first kappa shape index (κ1) is 22.6. The first-order valence-corrected chi connectivity index (χ1v) is 12.6. The molecule has 36 heavy (non-hydrogen) atoms. The lowest BCUT2D eigenvalue weighted by atomic mass is 10.2. The molecule has 7 nitrogen and oxygen atoms in total. The molecule has 0 radical (unpaired) electrons. The Morgan fingerprint density at radius 2 is 1.72 bits per heavy atom. The van der Waals surface area contributed by atoms with Gasteiger partial charge in [0.25, 0.3) is 5.91 Å². The zero-order chi connectivity index (χ0) is 24.8. The van der Waals surface area contributed by atoms with Gasteiger partial charge in [0.15, 0.2) is 5.65 Å². The third kappa shape index (κ3) is 4.10. The number of carbonyl (C=O) groups is 1. The summed E-state index contributed by atoms with van der Waals surface area (Å²) in [6, 6.07) is 14.5. The third-order valence-electron chi connectivity index (χ3n) is 7.11. The molecule has 6 rings (SSSR count). The van der Waals surface area contributed by atoms with Gasteiger partial charge in [-0.1, -0.05) is 29.8 Å². The molecule has 1 saturated carbocycles. The summed E-state index contributed by atoms with van der Waals surface area (Å²) in [7, 11) is 0. The standard InChI is InChI=1S/C28H29FN6O/c1-18-8-12-21(13-9-18)35-27-24(19(2)32-35)26(30-25(31-27)20-10-11-20)33-14-5-15-34(17-16-33)28(36)22-6-3-4-7-23(22)29/h3-4,6-9,12-13,20H,5,10-11,14-17H2,1-2H3. The molecule has 2 aliphatic rings. The lowest BCUT2D eigenvalue weighted by Gasteiger charge is -2.24. The second-order valence-electron chi connectivity index (χ2n) is 9.82. The molecule has 2 aromatic heterocycles. The predicted molar refractivity (Wildman–Crippen MR) is 137 cm³/mol. The fraction of sp³-hybridized carbons (Fsp3) is 0.357. The van der Waals surface area contributed by atoms with E-state index in [2.05, 4.69) is 36.1 Å². The van der Waals surface area contributed by atoms with E-state index in [-0.39, 0.29) is 11.5 Å². The number of fused-ring (bicyclic) bond motifs is 1. The van der Waals surface area contributed by atoms with Crippen molar-refractivity contribution in [2.75, 3.05) is 31.1 Å². The van der Waals surface area contributed by atoms with E-state index in [4.69, 9.17) is 15.1 Å². The summed E-state index contributed by atoms with van der Waals surface area (Å²) in [5, 5.41) is 5.82. The Morgan fingerprint density at radius 1 is 0.944 bits per heavy atom. The molecule has 2 aromatic carbocycles. The average molecular weight is 485 g/mol. The second-order valence-corrected chi connectivity index (χ2v) is 9.82. The van der Waals surface area contributed by atoms with Crippen molar-refractivity contribution in [1.29, 1.82) is 0 Å². The Balaban J connectivity index is 1.36. The van der Waals surface area contributed by atoms with E-state index >= 15 is 0 Å². The number of anilines is 1. The van der Waals surface area contributed by atoms with E-state index in [1.54, 1.807) is 23.1 Å². The van der Waals surface area contributed by atoms with Gasteiger partial charge < -0.3 is 9.80 Å². The first-order valence-electron chi connectivity index (χ1n) is 12.6. The number of hydrogen-bond donors (Lipinski definition) is 0. The van der Waals surface area contributed by atoms with Crippen LogP contribution in [0.4, 0.5) is 10.2 Å². The van der Waals surface area contributed by atoms with E-state index in [0.29, 0.717) is 25.6 Å². The van der Waals surface area contributed by atoms with E-state index in [1.165, 1.54) is 11.6 Å². The predicted octanol–water partition coefficient (Wildman–Crippen LogP) is 4.80. The van der Waals surface area contributed by atoms with Gasteiger partial charge in [-0.15, -0.1) is 0 Å². The Hall–Kier alpha value is -3.81. The van der Waals surface area contributed by atoms with Crippen LogP contribution < -0.4 is 4.90 Å². The van der Waals surface area contributed by atoms with E-state index < -0.39 is 5.82 Å². The summed E-state index contributed by atoms with van der Waals surface area (Å²) in [5.74, 6) is 1.41. The number of benzene rings is 2. The molecule has 1 amide bonds. The molecule has 0 atom stereocenters. The number of nitrogens with zero attached hydrogens (tertiary/aromatic N) is 6. The fourth-order valence-electron chi connectivity index (χ4n) is 4.93. The Bertz CT molecular complexity index is 1440. The number of carbonyl (C=O) groups excluding carboxylic acids is 1. The quantitative estimate of drug-likeness (QED) is 0.416. The SMILES string of the molecule is Cc1ccc(-n2nc(C)c3c(N4CCCN(C(=O)c5ccccc5F)CC4)nc(C4CC4)nc32)cc1. The molecule has 2 fully saturated rings. The van der Waals surface area contributed by atoms with E-state index in [0.717, 1.165) is 59.9 Å².